The maximum atomic E-state index is 5.29. The number of ether oxygens (including phenoxy) is 1. The summed E-state index contributed by atoms with van der Waals surface area (Å²) < 4.78 is 5.29. The summed E-state index contributed by atoms with van der Waals surface area (Å²) in [5.41, 5.74) is 1.17. The molecule has 13 heavy (non-hydrogen) atoms. The van der Waals surface area contributed by atoms with Crippen LogP contribution >= 0.6 is 0 Å². The van der Waals surface area contributed by atoms with Gasteiger partial charge in [-0.05, 0) is 6.92 Å². The molecule has 0 saturated carbocycles. The van der Waals surface area contributed by atoms with Crippen molar-refractivity contribution in [2.24, 2.45) is 0 Å². The highest BCUT2D eigenvalue weighted by atomic mass is 16.5. The van der Waals surface area contributed by atoms with Crippen molar-refractivity contribution >= 4 is 0 Å². The molecule has 0 bridgehead atoms. The van der Waals surface area contributed by atoms with Crippen LogP contribution in [0.1, 0.15) is 13.3 Å². The van der Waals surface area contributed by atoms with Gasteiger partial charge < -0.3 is 14.5 Å². The molecule has 0 aromatic rings. The minimum absolute atomic E-state index is 0.769. The van der Waals surface area contributed by atoms with Gasteiger partial charge in [0.25, 0.3) is 0 Å². The third kappa shape index (κ3) is 6.46. The summed E-state index contributed by atoms with van der Waals surface area (Å²) in [6, 6.07) is 0. The molecule has 0 aliphatic rings. The molecule has 0 spiro atoms. The zero-order valence-corrected chi connectivity index (χ0v) is 9.42. The summed E-state index contributed by atoms with van der Waals surface area (Å²) in [6.07, 6.45) is 4.15. The van der Waals surface area contributed by atoms with Crippen molar-refractivity contribution in [3.05, 3.63) is 11.9 Å². The molecule has 1 radical (unpaired) electrons. The largest absolute Gasteiger partial charge is 0.381 e. The van der Waals surface area contributed by atoms with E-state index in [9.17, 15) is 0 Å². The second-order valence-electron chi connectivity index (χ2n) is 3.29. The molecule has 0 atom stereocenters. The number of nitrogens with zero attached hydrogens (tertiary/aromatic N) is 2. The van der Waals surface area contributed by atoms with Crippen LogP contribution in [0.2, 0.25) is 0 Å². The van der Waals surface area contributed by atoms with Crippen molar-refractivity contribution in [2.75, 3.05) is 41.4 Å². The second-order valence-corrected chi connectivity index (χ2v) is 3.29. The lowest BCUT2D eigenvalue weighted by Crippen LogP contribution is -2.17. The van der Waals surface area contributed by atoms with E-state index in [0.717, 1.165) is 19.6 Å². The van der Waals surface area contributed by atoms with Crippen molar-refractivity contribution in [3.63, 3.8) is 0 Å². The Morgan fingerprint density at radius 3 is 2.23 bits per heavy atom. The molecule has 3 nitrogen and oxygen atoms in total. The summed E-state index contributed by atoms with van der Waals surface area (Å²) in [6.45, 7) is 3.56. The SMILES string of the molecule is CCOCCC(=[C]N(C)C)N(C)C. The first-order valence-electron chi connectivity index (χ1n) is 4.62. The zero-order valence-electron chi connectivity index (χ0n) is 9.42. The Hall–Kier alpha value is -0.700. The van der Waals surface area contributed by atoms with Crippen LogP contribution in [-0.4, -0.2) is 51.2 Å². The first-order chi connectivity index (χ1) is 6.07. The average Bonchev–Trinajstić information content (AvgIpc) is 2.02. The van der Waals surface area contributed by atoms with Crippen molar-refractivity contribution in [1.29, 1.82) is 0 Å². The molecule has 3 heteroatoms. The fourth-order valence-corrected chi connectivity index (χ4v) is 0.951. The van der Waals surface area contributed by atoms with Gasteiger partial charge in [0.2, 0.25) is 0 Å². The molecule has 0 heterocycles. The van der Waals surface area contributed by atoms with Crippen LogP contribution in [0.4, 0.5) is 0 Å². The molecule has 0 amide bonds. The van der Waals surface area contributed by atoms with E-state index in [4.69, 9.17) is 4.74 Å². The van der Waals surface area contributed by atoms with Crippen molar-refractivity contribution in [3.8, 4) is 0 Å². The van der Waals surface area contributed by atoms with E-state index in [-0.39, 0.29) is 0 Å². The van der Waals surface area contributed by atoms with Gasteiger partial charge in [0.1, 0.15) is 0 Å². The van der Waals surface area contributed by atoms with Gasteiger partial charge in [-0.15, -0.1) is 0 Å². The Kier molecular flexibility index (Phi) is 6.41. The molecule has 0 aromatic carbocycles. The molecule has 0 aliphatic heterocycles. The van der Waals surface area contributed by atoms with Crippen molar-refractivity contribution in [1.82, 2.24) is 9.80 Å². The van der Waals surface area contributed by atoms with Gasteiger partial charge in [-0.1, -0.05) is 0 Å². The fraction of sp³-hybridized carbons (Fsp3) is 0.800. The van der Waals surface area contributed by atoms with Crippen LogP contribution in [-0.2, 0) is 4.74 Å². The Morgan fingerprint density at radius 2 is 1.85 bits per heavy atom. The molecular weight excluding hydrogens is 164 g/mol. The van der Waals surface area contributed by atoms with Gasteiger partial charge in [-0.3, -0.25) is 0 Å². The molecule has 0 N–H and O–H groups in total. The van der Waals surface area contributed by atoms with Gasteiger partial charge in [0.05, 0.1) is 12.8 Å². The second kappa shape index (κ2) is 6.78. The molecule has 77 valence electrons. The van der Waals surface area contributed by atoms with Gasteiger partial charge in [-0.25, -0.2) is 0 Å². The van der Waals surface area contributed by atoms with E-state index in [0.29, 0.717) is 0 Å². The fourth-order valence-electron chi connectivity index (χ4n) is 0.951. The number of hydrogen-bond acceptors (Lipinski definition) is 3. The van der Waals surface area contributed by atoms with Gasteiger partial charge >= 0.3 is 0 Å². The van der Waals surface area contributed by atoms with E-state index < -0.39 is 0 Å². The highest BCUT2D eigenvalue weighted by Gasteiger charge is 2.00. The van der Waals surface area contributed by atoms with Gasteiger partial charge in [0, 0.05) is 46.9 Å². The van der Waals surface area contributed by atoms with Gasteiger partial charge in [-0.2, -0.15) is 0 Å². The van der Waals surface area contributed by atoms with Crippen LogP contribution in [0.3, 0.4) is 0 Å². The summed E-state index contributed by atoms with van der Waals surface area (Å²) >= 11 is 0. The van der Waals surface area contributed by atoms with Crippen LogP contribution < -0.4 is 0 Å². The summed E-state index contributed by atoms with van der Waals surface area (Å²) in [5.74, 6) is 0. The first-order valence-corrected chi connectivity index (χ1v) is 4.62. The highest BCUT2D eigenvalue weighted by molar-refractivity contribution is 4.92. The van der Waals surface area contributed by atoms with Crippen molar-refractivity contribution < 1.29 is 4.74 Å². The standard InChI is InChI=1S/C10H21N2O/c1-6-13-8-7-10(12(4)5)9-11(2)3/h6-8H2,1-5H3. The molecule has 0 aliphatic carbocycles. The lowest BCUT2D eigenvalue weighted by atomic mass is 10.3. The zero-order chi connectivity index (χ0) is 10.3. The van der Waals surface area contributed by atoms with Gasteiger partial charge in [0.15, 0.2) is 0 Å². The van der Waals surface area contributed by atoms with E-state index >= 15 is 0 Å². The summed E-state index contributed by atoms with van der Waals surface area (Å²) in [7, 11) is 8.00. The summed E-state index contributed by atoms with van der Waals surface area (Å²) in [5, 5.41) is 0. The Balaban J connectivity index is 3.95. The van der Waals surface area contributed by atoms with Crippen LogP contribution in [0.15, 0.2) is 5.70 Å². The quantitative estimate of drug-likeness (QED) is 0.456. The molecule has 0 aromatic heterocycles. The Labute approximate surface area is 82.0 Å². The predicted molar refractivity (Wildman–Crippen MR) is 55.2 cm³/mol. The normalized spacial score (nSPS) is 11.6. The minimum atomic E-state index is 0.769. The Bertz CT molecular complexity index is 153. The molecule has 0 saturated heterocycles. The topological polar surface area (TPSA) is 15.7 Å². The molecule has 0 rings (SSSR count). The van der Waals surface area contributed by atoms with E-state index in [1.54, 1.807) is 0 Å². The van der Waals surface area contributed by atoms with Crippen LogP contribution in [0.5, 0.6) is 0 Å². The smallest absolute Gasteiger partial charge is 0.0812 e. The van der Waals surface area contributed by atoms with Crippen molar-refractivity contribution in [2.45, 2.75) is 13.3 Å². The first kappa shape index (κ1) is 12.3. The average molecular weight is 185 g/mol. The maximum absolute atomic E-state index is 5.29. The van der Waals surface area contributed by atoms with Crippen LogP contribution in [0.25, 0.3) is 0 Å². The maximum Gasteiger partial charge on any atom is 0.0812 e. The Morgan fingerprint density at radius 1 is 1.23 bits per heavy atom. The lowest BCUT2D eigenvalue weighted by Gasteiger charge is -2.18. The summed E-state index contributed by atoms with van der Waals surface area (Å²) in [4.78, 5) is 4.00. The molecular formula is C10H21N2O. The minimum Gasteiger partial charge on any atom is -0.381 e. The van der Waals surface area contributed by atoms with E-state index in [2.05, 4.69) is 11.1 Å². The number of hydrogen-bond donors (Lipinski definition) is 0. The monoisotopic (exact) mass is 185 g/mol. The van der Waals surface area contributed by atoms with E-state index in [1.807, 2.05) is 40.0 Å². The molecule has 0 unspecified atom stereocenters. The lowest BCUT2D eigenvalue weighted by molar-refractivity contribution is 0.145. The third-order valence-electron chi connectivity index (χ3n) is 1.58. The predicted octanol–water partition coefficient (Wildman–Crippen LogP) is 1.18. The van der Waals surface area contributed by atoms with Crippen LogP contribution in [0, 0.1) is 6.20 Å². The highest BCUT2D eigenvalue weighted by Crippen LogP contribution is 2.04. The third-order valence-corrected chi connectivity index (χ3v) is 1.58. The van der Waals surface area contributed by atoms with E-state index in [1.165, 1.54) is 5.70 Å². The number of rotatable bonds is 6. The molecule has 0 fully saturated rings.